The van der Waals surface area contributed by atoms with Crippen molar-refractivity contribution in [2.24, 2.45) is 0 Å². The van der Waals surface area contributed by atoms with Gasteiger partial charge in [0.25, 0.3) is 5.91 Å². The third-order valence-corrected chi connectivity index (χ3v) is 6.91. The minimum absolute atomic E-state index is 0.0289. The summed E-state index contributed by atoms with van der Waals surface area (Å²) in [6.07, 6.45) is 1.80. The van der Waals surface area contributed by atoms with Crippen molar-refractivity contribution in [2.45, 2.75) is 0 Å². The van der Waals surface area contributed by atoms with E-state index in [0.29, 0.717) is 12.1 Å². The summed E-state index contributed by atoms with van der Waals surface area (Å²) in [5.74, 6) is -0.0289. The average molecular weight is 485 g/mol. The second-order valence-electron chi connectivity index (χ2n) is 7.27. The molecule has 6 nitrogen and oxygen atoms in total. The van der Waals surface area contributed by atoms with Crippen LogP contribution in [0.3, 0.4) is 0 Å². The van der Waals surface area contributed by atoms with Gasteiger partial charge in [-0.25, -0.2) is 4.98 Å². The molecule has 0 spiro atoms. The second kappa shape index (κ2) is 8.47. The Morgan fingerprint density at radius 2 is 2.07 bits per heavy atom. The molecule has 0 aliphatic carbocycles. The van der Waals surface area contributed by atoms with Crippen molar-refractivity contribution in [3.63, 3.8) is 0 Å². The van der Waals surface area contributed by atoms with Gasteiger partial charge in [0.2, 0.25) is 0 Å². The first-order valence-corrected chi connectivity index (χ1v) is 11.5. The first-order valence-electron chi connectivity index (χ1n) is 9.93. The fourth-order valence-corrected chi connectivity index (χ4v) is 5.29. The number of morpholine rings is 1. The number of para-hydroxylation sites is 1. The van der Waals surface area contributed by atoms with E-state index in [2.05, 4.69) is 25.8 Å². The number of benzene rings is 2. The highest BCUT2D eigenvalue weighted by atomic mass is 79.9. The molecule has 1 N–H and O–H groups in total. The van der Waals surface area contributed by atoms with Crippen LogP contribution < -0.4 is 4.90 Å². The topological polar surface area (TPSA) is 61.5 Å². The monoisotopic (exact) mass is 484 g/mol. The number of ether oxygens (including phenoxy) is 1. The van der Waals surface area contributed by atoms with Crippen molar-refractivity contribution in [2.75, 3.05) is 44.3 Å². The number of carbonyl (C=O) groups excluding carboxylic acids is 1. The van der Waals surface area contributed by atoms with Crippen LogP contribution in [0.1, 0.15) is 10.4 Å². The maximum Gasteiger partial charge on any atom is 0.262 e. The van der Waals surface area contributed by atoms with E-state index in [9.17, 15) is 4.79 Å². The van der Waals surface area contributed by atoms with Crippen LogP contribution in [0, 0.1) is 0 Å². The third-order valence-electron chi connectivity index (χ3n) is 5.38. The molecule has 8 heteroatoms. The largest absolute Gasteiger partial charge is 0.379 e. The minimum atomic E-state index is -0.0289. The highest BCUT2D eigenvalue weighted by Gasteiger charge is 2.24. The molecule has 1 fully saturated rings. The summed E-state index contributed by atoms with van der Waals surface area (Å²) in [5, 5.41) is 1.66. The Hall–Kier alpha value is -2.26. The predicted molar refractivity (Wildman–Crippen MR) is 125 cm³/mol. The summed E-state index contributed by atoms with van der Waals surface area (Å²) in [7, 11) is 0. The Kier molecular flexibility index (Phi) is 5.56. The summed E-state index contributed by atoms with van der Waals surface area (Å²) in [6, 6.07) is 13.9. The third kappa shape index (κ3) is 3.88. The Morgan fingerprint density at radius 1 is 1.23 bits per heavy atom. The van der Waals surface area contributed by atoms with Gasteiger partial charge >= 0.3 is 0 Å². The summed E-state index contributed by atoms with van der Waals surface area (Å²) in [6.45, 7) is 4.64. The van der Waals surface area contributed by atoms with E-state index in [1.807, 2.05) is 47.4 Å². The van der Waals surface area contributed by atoms with E-state index in [-0.39, 0.29) is 5.91 Å². The van der Waals surface area contributed by atoms with Gasteiger partial charge in [0.15, 0.2) is 5.13 Å². The van der Waals surface area contributed by atoms with Gasteiger partial charge in [0.05, 0.1) is 29.0 Å². The number of anilines is 1. The quantitative estimate of drug-likeness (QED) is 0.452. The van der Waals surface area contributed by atoms with Crippen LogP contribution in [0.5, 0.6) is 0 Å². The maximum absolute atomic E-state index is 13.7. The number of hydrogen-bond donors (Lipinski definition) is 1. The van der Waals surface area contributed by atoms with Gasteiger partial charge < -0.3 is 9.72 Å². The molecule has 1 aliphatic rings. The highest BCUT2D eigenvalue weighted by Crippen LogP contribution is 2.32. The smallest absolute Gasteiger partial charge is 0.262 e. The number of rotatable bonds is 5. The number of fused-ring (bicyclic) bond motifs is 2. The molecule has 0 atom stereocenters. The lowest BCUT2D eigenvalue weighted by atomic mass is 10.1. The molecule has 2 aromatic heterocycles. The molecule has 0 radical (unpaired) electrons. The first-order chi connectivity index (χ1) is 14.7. The Bertz CT molecular complexity index is 1200. The summed E-state index contributed by atoms with van der Waals surface area (Å²) in [5.41, 5.74) is 2.54. The Morgan fingerprint density at radius 3 is 2.93 bits per heavy atom. The predicted octanol–water partition coefficient (Wildman–Crippen LogP) is 4.52. The van der Waals surface area contributed by atoms with Crippen LogP contribution in [0.2, 0.25) is 0 Å². The number of amides is 1. The number of H-pyrrole nitrogens is 1. The molecule has 154 valence electrons. The van der Waals surface area contributed by atoms with Gasteiger partial charge in [-0.1, -0.05) is 45.5 Å². The lowest BCUT2D eigenvalue weighted by Crippen LogP contribution is -2.43. The molecule has 2 aromatic carbocycles. The van der Waals surface area contributed by atoms with Gasteiger partial charge in [-0.15, -0.1) is 0 Å². The number of carbonyl (C=O) groups is 1. The molecule has 5 rings (SSSR count). The molecule has 1 amide bonds. The van der Waals surface area contributed by atoms with Crippen LogP contribution in [-0.4, -0.2) is 60.2 Å². The van der Waals surface area contributed by atoms with Crippen LogP contribution >= 0.6 is 27.3 Å². The van der Waals surface area contributed by atoms with Crippen molar-refractivity contribution in [3.8, 4) is 0 Å². The molecule has 3 heterocycles. The molecule has 1 aliphatic heterocycles. The van der Waals surface area contributed by atoms with Crippen molar-refractivity contribution >= 4 is 59.4 Å². The zero-order valence-corrected chi connectivity index (χ0v) is 18.7. The number of aromatic amines is 1. The van der Waals surface area contributed by atoms with Crippen molar-refractivity contribution in [1.29, 1.82) is 0 Å². The van der Waals surface area contributed by atoms with Crippen molar-refractivity contribution < 1.29 is 9.53 Å². The van der Waals surface area contributed by atoms with E-state index in [1.165, 1.54) is 0 Å². The van der Waals surface area contributed by atoms with E-state index in [4.69, 9.17) is 9.72 Å². The van der Waals surface area contributed by atoms with Crippen molar-refractivity contribution in [1.82, 2.24) is 14.9 Å². The second-order valence-corrected chi connectivity index (χ2v) is 9.19. The van der Waals surface area contributed by atoms with Crippen molar-refractivity contribution in [3.05, 3.63) is 58.7 Å². The van der Waals surface area contributed by atoms with Gasteiger partial charge in [-0.05, 0) is 24.3 Å². The summed E-state index contributed by atoms with van der Waals surface area (Å²) >= 11 is 5.07. The van der Waals surface area contributed by atoms with Crippen LogP contribution in [-0.2, 0) is 4.74 Å². The number of aromatic nitrogens is 2. The van der Waals surface area contributed by atoms with Gasteiger partial charge in [-0.2, -0.15) is 0 Å². The van der Waals surface area contributed by atoms with Gasteiger partial charge in [0.1, 0.15) is 0 Å². The molecule has 1 saturated heterocycles. The SMILES string of the molecule is O=C(c1c[nH]c2ccccc12)N(CCN1CCOCC1)c1nc2ccc(Br)cc2s1. The zero-order valence-electron chi connectivity index (χ0n) is 16.3. The molecular weight excluding hydrogens is 464 g/mol. The van der Waals surface area contributed by atoms with E-state index in [0.717, 1.165) is 63.6 Å². The Labute approximate surface area is 186 Å². The normalized spacial score (nSPS) is 15.1. The molecule has 0 bridgehead atoms. The number of nitrogens with one attached hydrogen (secondary N) is 1. The number of hydrogen-bond acceptors (Lipinski definition) is 5. The van der Waals surface area contributed by atoms with Gasteiger partial charge in [-0.3, -0.25) is 14.6 Å². The number of halogens is 1. The van der Waals surface area contributed by atoms with Crippen LogP contribution in [0.15, 0.2) is 53.1 Å². The number of nitrogens with zero attached hydrogens (tertiary/aromatic N) is 3. The van der Waals surface area contributed by atoms with Gasteiger partial charge in [0, 0.05) is 47.8 Å². The molecular formula is C22H21BrN4O2S. The van der Waals surface area contributed by atoms with Crippen LogP contribution in [0.4, 0.5) is 5.13 Å². The Balaban J connectivity index is 1.50. The van der Waals surface area contributed by atoms with Crippen LogP contribution in [0.25, 0.3) is 21.1 Å². The lowest BCUT2D eigenvalue weighted by Gasteiger charge is -2.29. The van der Waals surface area contributed by atoms with E-state index < -0.39 is 0 Å². The average Bonchev–Trinajstić information content (AvgIpc) is 3.38. The van der Waals surface area contributed by atoms with E-state index >= 15 is 0 Å². The fourth-order valence-electron chi connectivity index (χ4n) is 3.75. The summed E-state index contributed by atoms with van der Waals surface area (Å²) in [4.78, 5) is 25.8. The molecule has 0 unspecified atom stereocenters. The fraction of sp³-hybridized carbons (Fsp3) is 0.273. The maximum atomic E-state index is 13.7. The summed E-state index contributed by atoms with van der Waals surface area (Å²) < 4.78 is 7.52. The molecule has 0 saturated carbocycles. The molecule has 4 aromatic rings. The number of thiazole rings is 1. The standard InChI is InChI=1S/C22H21BrN4O2S/c23-15-5-6-19-20(13-15)30-22(25-19)27(8-7-26-9-11-29-12-10-26)21(28)17-14-24-18-4-2-1-3-16(17)18/h1-6,13-14,24H,7-12H2. The van der Waals surface area contributed by atoms with E-state index in [1.54, 1.807) is 17.5 Å². The lowest BCUT2D eigenvalue weighted by molar-refractivity contribution is 0.0391. The zero-order chi connectivity index (χ0) is 20.5. The first kappa shape index (κ1) is 19.7. The highest BCUT2D eigenvalue weighted by molar-refractivity contribution is 9.10. The molecule has 30 heavy (non-hydrogen) atoms. The minimum Gasteiger partial charge on any atom is -0.379 e.